The normalized spacial score (nSPS) is 10.0. The number of carbonyl (C=O) groups is 2. The van der Waals surface area contributed by atoms with E-state index in [0.717, 1.165) is 0 Å². The highest BCUT2D eigenvalue weighted by atomic mass is 35.5. The van der Waals surface area contributed by atoms with Gasteiger partial charge in [0.15, 0.2) is 5.43 Å². The third-order valence-corrected chi connectivity index (χ3v) is 3.03. The molecule has 0 spiro atoms. The monoisotopic (exact) mass is 306 g/mol. The summed E-state index contributed by atoms with van der Waals surface area (Å²) < 4.78 is 4.59. The number of methoxy groups -OCH3 is 1. The van der Waals surface area contributed by atoms with Gasteiger partial charge in [-0.2, -0.15) is 0 Å². The summed E-state index contributed by atoms with van der Waals surface area (Å²) in [5.74, 6) is -1.20. The number of pyridine rings is 1. The fraction of sp³-hybridized carbons (Fsp3) is 0.0714. The van der Waals surface area contributed by atoms with Crippen LogP contribution < -0.4 is 10.7 Å². The Kier molecular flexibility index (Phi) is 4.39. The summed E-state index contributed by atoms with van der Waals surface area (Å²) in [7, 11) is 1.23. The molecule has 0 aliphatic heterocycles. The van der Waals surface area contributed by atoms with Crippen molar-refractivity contribution >= 4 is 29.2 Å². The number of halogens is 1. The molecular formula is C14H11ClN2O4. The number of H-pyrrole nitrogens is 1. The van der Waals surface area contributed by atoms with E-state index in [4.69, 9.17) is 11.6 Å². The van der Waals surface area contributed by atoms with Crippen LogP contribution >= 0.6 is 11.6 Å². The second-order valence-electron chi connectivity index (χ2n) is 4.06. The largest absolute Gasteiger partial charge is 0.465 e. The third kappa shape index (κ3) is 3.29. The van der Waals surface area contributed by atoms with Crippen LogP contribution in [0.3, 0.4) is 0 Å². The van der Waals surface area contributed by atoms with Crippen LogP contribution in [-0.4, -0.2) is 24.0 Å². The lowest BCUT2D eigenvalue weighted by Crippen LogP contribution is -2.21. The number of hydrogen-bond donors (Lipinski definition) is 2. The van der Waals surface area contributed by atoms with Gasteiger partial charge in [-0.25, -0.2) is 4.79 Å². The van der Waals surface area contributed by atoms with Gasteiger partial charge in [0.1, 0.15) is 5.56 Å². The first kappa shape index (κ1) is 14.8. The molecular weight excluding hydrogens is 296 g/mol. The van der Waals surface area contributed by atoms with Crippen molar-refractivity contribution < 1.29 is 14.3 Å². The Morgan fingerprint density at radius 2 is 2.00 bits per heavy atom. The predicted molar refractivity (Wildman–Crippen MR) is 77.8 cm³/mol. The summed E-state index contributed by atoms with van der Waals surface area (Å²) in [5.41, 5.74) is 0.00691. The number of anilines is 1. The third-order valence-electron chi connectivity index (χ3n) is 2.70. The van der Waals surface area contributed by atoms with Crippen molar-refractivity contribution in [1.82, 2.24) is 4.98 Å². The van der Waals surface area contributed by atoms with Crippen molar-refractivity contribution in [3.8, 4) is 0 Å². The molecule has 0 saturated carbocycles. The van der Waals surface area contributed by atoms with Crippen molar-refractivity contribution in [3.05, 3.63) is 63.0 Å². The Balaban J connectivity index is 2.28. The number of carbonyl (C=O) groups excluding carboxylic acids is 2. The molecule has 0 unspecified atom stereocenters. The SMILES string of the molecule is COC(=O)c1cc(NC(=O)c2c[nH]ccc2=O)ccc1Cl. The fourth-order valence-corrected chi connectivity index (χ4v) is 1.86. The molecule has 1 amide bonds. The number of amides is 1. The van der Waals surface area contributed by atoms with Crippen LogP contribution in [0, 0.1) is 0 Å². The van der Waals surface area contributed by atoms with Gasteiger partial charge in [0, 0.05) is 24.1 Å². The van der Waals surface area contributed by atoms with Crippen molar-refractivity contribution in [1.29, 1.82) is 0 Å². The first-order chi connectivity index (χ1) is 10.0. The lowest BCUT2D eigenvalue weighted by Gasteiger charge is -2.07. The molecule has 21 heavy (non-hydrogen) atoms. The molecule has 1 aromatic carbocycles. The Bertz CT molecular complexity index is 755. The highest BCUT2D eigenvalue weighted by Gasteiger charge is 2.14. The van der Waals surface area contributed by atoms with E-state index in [1.807, 2.05) is 0 Å². The maximum atomic E-state index is 12.0. The maximum absolute atomic E-state index is 12.0. The minimum atomic E-state index is -0.617. The molecule has 2 aromatic rings. The number of rotatable bonds is 3. The summed E-state index contributed by atoms with van der Waals surface area (Å²) in [4.78, 5) is 37.7. The smallest absolute Gasteiger partial charge is 0.339 e. The molecule has 0 saturated heterocycles. The lowest BCUT2D eigenvalue weighted by atomic mass is 10.2. The van der Waals surface area contributed by atoms with E-state index < -0.39 is 17.3 Å². The number of benzene rings is 1. The summed E-state index contributed by atoms with van der Waals surface area (Å²) >= 11 is 5.88. The zero-order valence-electron chi connectivity index (χ0n) is 11.0. The number of aromatic nitrogens is 1. The van der Waals surface area contributed by atoms with Crippen LogP contribution in [0.2, 0.25) is 5.02 Å². The maximum Gasteiger partial charge on any atom is 0.339 e. The Hall–Kier alpha value is -2.60. The van der Waals surface area contributed by atoms with Gasteiger partial charge >= 0.3 is 5.97 Å². The van der Waals surface area contributed by atoms with Crippen LogP contribution in [0.25, 0.3) is 0 Å². The standard InChI is InChI=1S/C14H11ClN2O4/c1-21-14(20)9-6-8(2-3-11(9)15)17-13(19)10-7-16-5-4-12(10)18/h2-7H,1H3,(H,16,18)(H,17,19). The van der Waals surface area contributed by atoms with Crippen molar-refractivity contribution in [2.75, 3.05) is 12.4 Å². The predicted octanol–water partition coefficient (Wildman–Crippen LogP) is 2.07. The van der Waals surface area contributed by atoms with Crippen LogP contribution in [0.5, 0.6) is 0 Å². The van der Waals surface area contributed by atoms with E-state index in [1.54, 1.807) is 0 Å². The Morgan fingerprint density at radius 1 is 1.24 bits per heavy atom. The topological polar surface area (TPSA) is 88.3 Å². The van der Waals surface area contributed by atoms with Gasteiger partial charge in [0.2, 0.25) is 0 Å². The summed E-state index contributed by atoms with van der Waals surface area (Å²) in [6.07, 6.45) is 2.73. The molecule has 2 rings (SSSR count). The van der Waals surface area contributed by atoms with Gasteiger partial charge in [-0.15, -0.1) is 0 Å². The van der Waals surface area contributed by atoms with Crippen molar-refractivity contribution in [3.63, 3.8) is 0 Å². The molecule has 2 N–H and O–H groups in total. The molecule has 6 nitrogen and oxygen atoms in total. The molecule has 7 heteroatoms. The van der Waals surface area contributed by atoms with Gasteiger partial charge in [-0.1, -0.05) is 11.6 Å². The van der Waals surface area contributed by atoms with Crippen LogP contribution in [0.15, 0.2) is 41.5 Å². The fourth-order valence-electron chi connectivity index (χ4n) is 1.66. The van der Waals surface area contributed by atoms with Gasteiger partial charge in [0.25, 0.3) is 5.91 Å². The molecule has 1 aromatic heterocycles. The first-order valence-corrected chi connectivity index (χ1v) is 6.27. The van der Waals surface area contributed by atoms with Gasteiger partial charge < -0.3 is 15.0 Å². The van der Waals surface area contributed by atoms with E-state index in [-0.39, 0.29) is 16.1 Å². The highest BCUT2D eigenvalue weighted by Crippen LogP contribution is 2.21. The van der Waals surface area contributed by atoms with Crippen molar-refractivity contribution in [2.45, 2.75) is 0 Å². The van der Waals surface area contributed by atoms with E-state index in [2.05, 4.69) is 15.0 Å². The van der Waals surface area contributed by atoms with Gasteiger partial charge in [-0.05, 0) is 18.2 Å². The minimum absolute atomic E-state index is 0.0351. The van der Waals surface area contributed by atoms with Gasteiger partial charge in [0.05, 0.1) is 17.7 Å². The average Bonchev–Trinajstić information content (AvgIpc) is 2.48. The second-order valence-corrected chi connectivity index (χ2v) is 4.47. The highest BCUT2D eigenvalue weighted by molar-refractivity contribution is 6.33. The van der Waals surface area contributed by atoms with E-state index in [1.165, 1.54) is 43.8 Å². The van der Waals surface area contributed by atoms with Crippen LogP contribution in [0.4, 0.5) is 5.69 Å². The molecule has 0 aliphatic carbocycles. The second kappa shape index (κ2) is 6.23. The lowest BCUT2D eigenvalue weighted by molar-refractivity contribution is 0.0600. The van der Waals surface area contributed by atoms with Gasteiger partial charge in [-0.3, -0.25) is 9.59 Å². The number of esters is 1. The first-order valence-electron chi connectivity index (χ1n) is 5.89. The molecule has 108 valence electrons. The quantitative estimate of drug-likeness (QED) is 0.850. The van der Waals surface area contributed by atoms with Crippen LogP contribution in [-0.2, 0) is 4.74 Å². The molecule has 0 aliphatic rings. The molecule has 0 atom stereocenters. The van der Waals surface area contributed by atoms with Crippen molar-refractivity contribution in [2.24, 2.45) is 0 Å². The summed E-state index contributed by atoms with van der Waals surface area (Å²) in [5, 5.41) is 2.73. The molecule has 1 heterocycles. The number of nitrogens with one attached hydrogen (secondary N) is 2. The zero-order valence-corrected chi connectivity index (χ0v) is 11.7. The molecule has 0 bridgehead atoms. The molecule has 0 radical (unpaired) electrons. The Morgan fingerprint density at radius 3 is 2.67 bits per heavy atom. The summed E-state index contributed by atoms with van der Waals surface area (Å²) in [6, 6.07) is 5.60. The van der Waals surface area contributed by atoms with E-state index in [9.17, 15) is 14.4 Å². The molecule has 0 fully saturated rings. The summed E-state index contributed by atoms with van der Waals surface area (Å²) in [6.45, 7) is 0. The Labute approximate surface area is 124 Å². The van der Waals surface area contributed by atoms with E-state index in [0.29, 0.717) is 5.69 Å². The number of ether oxygens (including phenoxy) is 1. The number of hydrogen-bond acceptors (Lipinski definition) is 4. The minimum Gasteiger partial charge on any atom is -0.465 e. The average molecular weight is 307 g/mol. The number of aromatic amines is 1. The van der Waals surface area contributed by atoms with E-state index >= 15 is 0 Å². The zero-order chi connectivity index (χ0) is 15.4. The van der Waals surface area contributed by atoms with Crippen LogP contribution in [0.1, 0.15) is 20.7 Å².